The van der Waals surface area contributed by atoms with Crippen LogP contribution in [0.1, 0.15) is 73.4 Å². The third-order valence-electron chi connectivity index (χ3n) is 20.0. The first kappa shape index (κ1) is 49.9. The van der Waals surface area contributed by atoms with E-state index in [4.69, 9.17) is 0 Å². The number of hydrogen-bond acceptors (Lipinski definition) is 2. The van der Waals surface area contributed by atoms with Gasteiger partial charge >= 0.3 is 0 Å². The Labute approximate surface area is 518 Å². The number of para-hydroxylation sites is 2. The Morgan fingerprint density at radius 2 is 0.629 bits per heavy atom. The Morgan fingerprint density at radius 1 is 0.258 bits per heavy atom. The molecular formula is C86H57N3. The summed E-state index contributed by atoms with van der Waals surface area (Å²) in [5.41, 5.74) is 36.1. The van der Waals surface area contributed by atoms with Crippen LogP contribution in [-0.4, -0.2) is 4.57 Å². The number of rotatable bonds is 8. The molecule has 0 amide bonds. The average molecular weight is 1130 g/mol. The van der Waals surface area contributed by atoms with Gasteiger partial charge < -0.3 is 14.4 Å². The van der Waals surface area contributed by atoms with Crippen LogP contribution in [0.5, 0.6) is 0 Å². The van der Waals surface area contributed by atoms with Crippen LogP contribution in [0.4, 0.5) is 22.7 Å². The molecule has 1 aromatic heterocycles. The summed E-state index contributed by atoms with van der Waals surface area (Å²) in [6, 6.07) is 112. The second kappa shape index (κ2) is 19.4. The molecule has 3 nitrogen and oxygen atoms in total. The molecule has 0 spiro atoms. The molecule has 0 saturated carbocycles. The molecule has 13 aromatic carbocycles. The van der Waals surface area contributed by atoms with Gasteiger partial charge in [-0.05, 0) is 185 Å². The molecule has 89 heavy (non-hydrogen) atoms. The van der Waals surface area contributed by atoms with E-state index in [2.05, 4.69) is 331 Å². The SMILES string of the molecule is Cc1c(N2C3=Cc4ccc(-c5ccccc5)cc4C3c3cc(-c4ccccc4)ccc32)c(C2c3ccccc3-c3ccccc32)cc(-n2c3ccccc3c3ccccc32)c1N1C2=Cc3ccc(-c4ccccc4)cc3C2c2cc(-c3ccccc3)ccc21. The summed E-state index contributed by atoms with van der Waals surface area (Å²) in [5.74, 6) is -0.161. The van der Waals surface area contributed by atoms with Crippen molar-refractivity contribution < 1.29 is 0 Å². The lowest BCUT2D eigenvalue weighted by Gasteiger charge is -2.35. The third-order valence-corrected chi connectivity index (χ3v) is 20.0. The Bertz CT molecular complexity index is 5240. The van der Waals surface area contributed by atoms with Gasteiger partial charge in [-0.2, -0.15) is 0 Å². The monoisotopic (exact) mass is 1130 g/mol. The quantitative estimate of drug-likeness (QED) is 0.150. The molecular weight excluding hydrogens is 1070 g/mol. The minimum absolute atomic E-state index is 0.0256. The number of hydrogen-bond donors (Lipinski definition) is 0. The highest BCUT2D eigenvalue weighted by molar-refractivity contribution is 6.11. The summed E-state index contributed by atoms with van der Waals surface area (Å²) in [4.78, 5) is 5.42. The van der Waals surface area contributed by atoms with E-state index in [0.29, 0.717) is 0 Å². The molecule has 2 aliphatic heterocycles. The number of allylic oxidation sites excluding steroid dienone is 2. The summed E-state index contributed by atoms with van der Waals surface area (Å²) in [5, 5.41) is 2.47. The summed E-state index contributed by atoms with van der Waals surface area (Å²) in [6.07, 6.45) is 5.03. The lowest BCUT2D eigenvalue weighted by Crippen LogP contribution is -2.22. The van der Waals surface area contributed by atoms with E-state index in [0.717, 1.165) is 5.69 Å². The molecule has 3 heteroatoms. The fraction of sp³-hybridized carbons (Fsp3) is 0.0465. The minimum atomic E-state index is -0.101. The number of nitrogens with zero attached hydrogens (tertiary/aromatic N) is 3. The van der Waals surface area contributed by atoms with Gasteiger partial charge in [0, 0.05) is 28.1 Å². The Hall–Kier alpha value is -11.3. The zero-order valence-corrected chi connectivity index (χ0v) is 49.0. The topological polar surface area (TPSA) is 11.4 Å². The Morgan fingerprint density at radius 3 is 1.08 bits per heavy atom. The molecule has 0 fully saturated rings. The van der Waals surface area contributed by atoms with Crippen LogP contribution < -0.4 is 9.80 Å². The lowest BCUT2D eigenvalue weighted by molar-refractivity contribution is 0.960. The molecule has 3 heterocycles. The normalized spacial score (nSPS) is 15.5. The molecule has 2 unspecified atom stereocenters. The fourth-order valence-corrected chi connectivity index (χ4v) is 16.2. The number of fused-ring (bicyclic) bond motifs is 16. The van der Waals surface area contributed by atoms with Crippen LogP contribution in [0, 0.1) is 6.92 Å². The van der Waals surface area contributed by atoms with Gasteiger partial charge in [-0.15, -0.1) is 0 Å². The average Bonchev–Trinajstić information content (AvgIpc) is 1.57. The predicted molar refractivity (Wildman–Crippen MR) is 370 cm³/mol. The van der Waals surface area contributed by atoms with Crippen molar-refractivity contribution in [1.82, 2.24) is 4.57 Å². The van der Waals surface area contributed by atoms with Crippen LogP contribution in [-0.2, 0) is 0 Å². The van der Waals surface area contributed by atoms with Crippen LogP contribution in [0.15, 0.2) is 309 Å². The molecule has 0 bridgehead atoms. The third kappa shape index (κ3) is 7.40. The maximum atomic E-state index is 2.72. The highest BCUT2D eigenvalue weighted by Gasteiger charge is 2.47. The van der Waals surface area contributed by atoms with Gasteiger partial charge in [-0.1, -0.05) is 243 Å². The van der Waals surface area contributed by atoms with Crippen molar-refractivity contribution in [2.24, 2.45) is 0 Å². The zero-order chi connectivity index (χ0) is 58.4. The van der Waals surface area contributed by atoms with Crippen molar-refractivity contribution in [3.63, 3.8) is 0 Å². The lowest BCUT2D eigenvalue weighted by atomic mass is 9.85. The second-order valence-corrected chi connectivity index (χ2v) is 24.7. The van der Waals surface area contributed by atoms with Crippen molar-refractivity contribution in [3.8, 4) is 61.3 Å². The van der Waals surface area contributed by atoms with Crippen LogP contribution in [0.25, 0.3) is 95.3 Å². The van der Waals surface area contributed by atoms with Gasteiger partial charge in [-0.3, -0.25) is 0 Å². The van der Waals surface area contributed by atoms with Crippen LogP contribution in [0.2, 0.25) is 0 Å². The summed E-state index contributed by atoms with van der Waals surface area (Å²) < 4.78 is 2.61. The van der Waals surface area contributed by atoms with Gasteiger partial charge in [0.15, 0.2) is 0 Å². The van der Waals surface area contributed by atoms with Crippen molar-refractivity contribution in [2.75, 3.05) is 9.80 Å². The van der Waals surface area contributed by atoms with E-state index in [1.54, 1.807) is 0 Å². The first-order chi connectivity index (χ1) is 44.1. The van der Waals surface area contributed by atoms with Crippen molar-refractivity contribution in [2.45, 2.75) is 24.7 Å². The smallest absolute Gasteiger partial charge is 0.0750 e. The summed E-state index contributed by atoms with van der Waals surface area (Å²) in [6.45, 7) is 2.46. The molecule has 5 aliphatic rings. The van der Waals surface area contributed by atoms with E-state index in [1.807, 2.05) is 0 Å². The van der Waals surface area contributed by atoms with Crippen molar-refractivity contribution >= 4 is 56.7 Å². The highest BCUT2D eigenvalue weighted by Crippen LogP contribution is 2.64. The van der Waals surface area contributed by atoms with Crippen LogP contribution >= 0.6 is 0 Å². The molecule has 2 atom stereocenters. The van der Waals surface area contributed by atoms with E-state index < -0.39 is 0 Å². The molecule has 3 aliphatic carbocycles. The fourth-order valence-electron chi connectivity index (χ4n) is 16.2. The number of aromatic nitrogens is 1. The molecule has 14 aromatic rings. The summed E-state index contributed by atoms with van der Waals surface area (Å²) >= 11 is 0. The highest BCUT2D eigenvalue weighted by atomic mass is 15.2. The minimum Gasteiger partial charge on any atom is -0.312 e. The predicted octanol–water partition coefficient (Wildman–Crippen LogP) is 22.2. The van der Waals surface area contributed by atoms with Gasteiger partial charge in [0.1, 0.15) is 0 Å². The molecule has 0 N–H and O–H groups in total. The van der Waals surface area contributed by atoms with Gasteiger partial charge in [-0.25, -0.2) is 0 Å². The molecule has 0 saturated heterocycles. The van der Waals surface area contributed by atoms with Gasteiger partial charge in [0.25, 0.3) is 0 Å². The maximum absolute atomic E-state index is 2.72. The first-order valence-electron chi connectivity index (χ1n) is 31.2. The molecule has 416 valence electrons. The van der Waals surface area contributed by atoms with Gasteiger partial charge in [0.2, 0.25) is 0 Å². The molecule has 19 rings (SSSR count). The van der Waals surface area contributed by atoms with Gasteiger partial charge in [0.05, 0.1) is 51.3 Å². The van der Waals surface area contributed by atoms with Crippen LogP contribution in [0.3, 0.4) is 0 Å². The number of anilines is 4. The zero-order valence-electron chi connectivity index (χ0n) is 49.0. The van der Waals surface area contributed by atoms with E-state index in [1.165, 1.54) is 167 Å². The largest absolute Gasteiger partial charge is 0.312 e. The van der Waals surface area contributed by atoms with Crippen molar-refractivity contribution in [1.29, 1.82) is 0 Å². The Kier molecular flexibility index (Phi) is 10.9. The number of benzene rings is 13. The maximum Gasteiger partial charge on any atom is 0.0750 e. The van der Waals surface area contributed by atoms with E-state index in [-0.39, 0.29) is 17.8 Å². The standard InChI is InChI=1S/C86H57N3/c1-53-85(88-77-44-42-60(56-26-10-4-11-27-56)48-72(77)83-70-46-58(54-22-6-2-7-23-54)38-40-62(70)50-79(83)88)74(82-68-34-16-14-30-64(68)65-31-15-17-35-69(65)82)52-81(87-75-36-20-18-32-66(75)67-33-19-21-37-76(67)87)86(53)89-78-45-43-61(57-28-12-5-13-29-57)49-73(78)84-71-47-59(55-24-8-3-9-25-55)39-41-63(71)51-80(84)89/h2-52,82-84H,1H3. The summed E-state index contributed by atoms with van der Waals surface area (Å²) in [7, 11) is 0. The van der Waals surface area contributed by atoms with E-state index >= 15 is 0 Å². The van der Waals surface area contributed by atoms with Crippen molar-refractivity contribution in [3.05, 3.63) is 364 Å². The van der Waals surface area contributed by atoms with E-state index in [9.17, 15) is 0 Å². The second-order valence-electron chi connectivity index (χ2n) is 24.7. The first-order valence-corrected chi connectivity index (χ1v) is 31.2. The molecule has 0 radical (unpaired) electrons. The Balaban J connectivity index is 0.940.